The Balaban J connectivity index is 1.87. The lowest BCUT2D eigenvalue weighted by Gasteiger charge is -2.08. The van der Waals surface area contributed by atoms with Crippen molar-refractivity contribution in [1.82, 2.24) is 0 Å². The topological polar surface area (TPSA) is 50.7 Å². The maximum absolute atomic E-state index is 12.2. The highest BCUT2D eigenvalue weighted by Gasteiger charge is 2.09. The van der Waals surface area contributed by atoms with Gasteiger partial charge in [-0.05, 0) is 43.5 Å². The molecule has 0 saturated carbocycles. The molecule has 2 aromatic rings. The molecule has 2 rings (SSSR count). The number of rotatable bonds is 13. The van der Waals surface area contributed by atoms with Crippen LogP contribution in [0.4, 0.5) is 10.5 Å². The minimum Gasteiger partial charge on any atom is -0.297 e. The van der Waals surface area contributed by atoms with E-state index in [1.807, 2.05) is 31.2 Å². The monoisotopic (exact) mass is 476 g/mol. The number of amides is 1. The number of nitrogens with one attached hydrogen (secondary N) is 1. The number of carbonyl (C=O) groups excluding carboxylic acids is 1. The Bertz CT molecular complexity index is 867. The third-order valence-electron chi connectivity index (χ3n) is 5.31. The number of oxime groups is 1. The van der Waals surface area contributed by atoms with E-state index in [0.29, 0.717) is 15.7 Å². The van der Waals surface area contributed by atoms with Gasteiger partial charge in [0, 0.05) is 5.69 Å². The van der Waals surface area contributed by atoms with Crippen molar-refractivity contribution < 1.29 is 9.63 Å². The summed E-state index contributed by atoms with van der Waals surface area (Å²) in [6.07, 6.45) is 11.4. The Morgan fingerprint density at radius 2 is 1.50 bits per heavy atom. The zero-order chi connectivity index (χ0) is 23.2. The molecule has 1 N–H and O–H groups in total. The van der Waals surface area contributed by atoms with Gasteiger partial charge < -0.3 is 0 Å². The summed E-state index contributed by atoms with van der Waals surface area (Å²) in [5.74, 6) is 0. The van der Waals surface area contributed by atoms with E-state index in [0.717, 1.165) is 30.5 Å². The fourth-order valence-corrected chi connectivity index (χ4v) is 3.70. The number of carbonyl (C=O) groups is 1. The molecule has 0 saturated heterocycles. The number of benzene rings is 2. The Morgan fingerprint density at radius 3 is 2.12 bits per heavy atom. The van der Waals surface area contributed by atoms with E-state index in [1.165, 1.54) is 50.5 Å². The van der Waals surface area contributed by atoms with Crippen LogP contribution in [0.15, 0.2) is 47.6 Å². The molecule has 0 unspecified atom stereocenters. The molecular weight excluding hydrogens is 443 g/mol. The third-order valence-corrected chi connectivity index (χ3v) is 6.05. The van der Waals surface area contributed by atoms with Crippen LogP contribution < -0.4 is 5.32 Å². The molecule has 0 bridgehead atoms. The van der Waals surface area contributed by atoms with Crippen LogP contribution in [0.5, 0.6) is 0 Å². The molecule has 0 radical (unpaired) electrons. The van der Waals surface area contributed by atoms with Gasteiger partial charge in [-0.15, -0.1) is 0 Å². The minimum atomic E-state index is -0.667. The molecule has 0 fully saturated rings. The summed E-state index contributed by atoms with van der Waals surface area (Å²) >= 11 is 11.9. The van der Waals surface area contributed by atoms with E-state index in [9.17, 15) is 4.79 Å². The Labute approximate surface area is 202 Å². The molecular formula is C26H34Cl2N2O2. The highest BCUT2D eigenvalue weighted by molar-refractivity contribution is 6.42. The molecule has 4 nitrogen and oxygen atoms in total. The summed E-state index contributed by atoms with van der Waals surface area (Å²) < 4.78 is 0. The first-order valence-corrected chi connectivity index (χ1v) is 12.3. The second-order valence-electron chi connectivity index (χ2n) is 8.12. The van der Waals surface area contributed by atoms with Gasteiger partial charge >= 0.3 is 6.09 Å². The number of hydrogen-bond donors (Lipinski definition) is 1. The molecule has 32 heavy (non-hydrogen) atoms. The fourth-order valence-electron chi connectivity index (χ4n) is 3.40. The highest BCUT2D eigenvalue weighted by Crippen LogP contribution is 2.25. The van der Waals surface area contributed by atoms with Crippen LogP contribution in [0, 0.1) is 6.92 Å². The summed E-state index contributed by atoms with van der Waals surface area (Å²) in [5.41, 5.74) is 3.42. The van der Waals surface area contributed by atoms with Crippen LogP contribution in [0.2, 0.25) is 10.0 Å². The Kier molecular flexibility index (Phi) is 12.2. The highest BCUT2D eigenvalue weighted by atomic mass is 35.5. The standard InChI is InChI=1S/C26H34Cl2N2O2/c1-3-4-5-6-7-8-9-10-11-12-25(21-15-13-20(2)14-16-21)30-32-26(31)29-22-17-18-23(27)24(28)19-22/h13-19H,3-12H2,1-2H3,(H,29,31). The number of hydrogen-bond acceptors (Lipinski definition) is 3. The van der Waals surface area contributed by atoms with E-state index >= 15 is 0 Å². The molecule has 6 heteroatoms. The lowest BCUT2D eigenvalue weighted by Crippen LogP contribution is -2.13. The van der Waals surface area contributed by atoms with Crippen LogP contribution in [-0.4, -0.2) is 11.8 Å². The van der Waals surface area contributed by atoms with Gasteiger partial charge in [0.2, 0.25) is 0 Å². The summed E-state index contributed by atoms with van der Waals surface area (Å²) in [5, 5.41) is 7.57. The molecule has 0 aliphatic heterocycles. The number of aryl methyl sites for hydroxylation is 1. The first-order valence-electron chi connectivity index (χ1n) is 11.6. The summed E-state index contributed by atoms with van der Waals surface area (Å²) in [6, 6.07) is 12.9. The largest absolute Gasteiger partial charge is 0.437 e. The van der Waals surface area contributed by atoms with Crippen molar-refractivity contribution in [3.63, 3.8) is 0 Å². The van der Waals surface area contributed by atoms with Crippen LogP contribution in [0.1, 0.15) is 82.3 Å². The Morgan fingerprint density at radius 1 is 0.875 bits per heavy atom. The van der Waals surface area contributed by atoms with Gasteiger partial charge in [-0.3, -0.25) is 10.2 Å². The molecule has 2 aromatic carbocycles. The zero-order valence-corrected chi connectivity index (χ0v) is 20.6. The molecule has 0 aliphatic rings. The second kappa shape index (κ2) is 14.9. The molecule has 0 spiro atoms. The van der Waals surface area contributed by atoms with Crippen molar-refractivity contribution in [3.8, 4) is 0 Å². The van der Waals surface area contributed by atoms with Gasteiger partial charge in [-0.1, -0.05) is 116 Å². The number of nitrogens with zero attached hydrogens (tertiary/aromatic N) is 1. The van der Waals surface area contributed by atoms with Crippen molar-refractivity contribution in [3.05, 3.63) is 63.6 Å². The molecule has 174 valence electrons. The number of anilines is 1. The van der Waals surface area contributed by atoms with E-state index in [4.69, 9.17) is 28.0 Å². The van der Waals surface area contributed by atoms with Crippen molar-refractivity contribution >= 4 is 40.7 Å². The minimum absolute atomic E-state index is 0.360. The van der Waals surface area contributed by atoms with Crippen molar-refractivity contribution in [2.75, 3.05) is 5.32 Å². The number of halogens is 2. The van der Waals surface area contributed by atoms with Gasteiger partial charge in [-0.2, -0.15) is 0 Å². The van der Waals surface area contributed by atoms with Gasteiger partial charge in [0.15, 0.2) is 0 Å². The lowest BCUT2D eigenvalue weighted by molar-refractivity contribution is 0.166. The van der Waals surface area contributed by atoms with Crippen LogP contribution in [0.3, 0.4) is 0 Å². The summed E-state index contributed by atoms with van der Waals surface area (Å²) in [6.45, 7) is 4.29. The smallest absolute Gasteiger partial charge is 0.297 e. The van der Waals surface area contributed by atoms with Gasteiger partial charge in [-0.25, -0.2) is 4.79 Å². The van der Waals surface area contributed by atoms with Crippen molar-refractivity contribution in [1.29, 1.82) is 0 Å². The zero-order valence-electron chi connectivity index (χ0n) is 19.1. The molecule has 0 aliphatic carbocycles. The molecule has 0 atom stereocenters. The van der Waals surface area contributed by atoms with Crippen LogP contribution >= 0.6 is 23.2 Å². The molecule has 0 aromatic heterocycles. The van der Waals surface area contributed by atoms with E-state index in [-0.39, 0.29) is 0 Å². The predicted molar refractivity (Wildman–Crippen MR) is 136 cm³/mol. The van der Waals surface area contributed by atoms with E-state index in [2.05, 4.69) is 17.4 Å². The van der Waals surface area contributed by atoms with Gasteiger partial charge in [0.25, 0.3) is 0 Å². The SMILES string of the molecule is CCCCCCCCCCCC(=NOC(=O)Nc1ccc(Cl)c(Cl)c1)c1ccc(C)cc1. The van der Waals surface area contributed by atoms with Crippen LogP contribution in [0.25, 0.3) is 0 Å². The molecule has 0 heterocycles. The maximum atomic E-state index is 12.2. The average molecular weight is 477 g/mol. The predicted octanol–water partition coefficient (Wildman–Crippen LogP) is 9.18. The van der Waals surface area contributed by atoms with E-state index in [1.54, 1.807) is 18.2 Å². The average Bonchev–Trinajstić information content (AvgIpc) is 2.78. The summed E-state index contributed by atoms with van der Waals surface area (Å²) in [4.78, 5) is 17.4. The fraction of sp³-hybridized carbons (Fsp3) is 0.462. The number of unbranched alkanes of at least 4 members (excludes halogenated alkanes) is 8. The lowest BCUT2D eigenvalue weighted by atomic mass is 10.0. The van der Waals surface area contributed by atoms with E-state index < -0.39 is 6.09 Å². The maximum Gasteiger partial charge on any atom is 0.437 e. The van der Waals surface area contributed by atoms with Gasteiger partial charge in [0.1, 0.15) is 0 Å². The second-order valence-corrected chi connectivity index (χ2v) is 8.93. The summed E-state index contributed by atoms with van der Waals surface area (Å²) in [7, 11) is 0. The normalized spacial score (nSPS) is 11.4. The van der Waals surface area contributed by atoms with Crippen molar-refractivity contribution in [2.45, 2.75) is 78.1 Å². The Hall–Kier alpha value is -2.04. The molecule has 1 amide bonds. The quantitative estimate of drug-likeness (QED) is 0.135. The third kappa shape index (κ3) is 10.1. The van der Waals surface area contributed by atoms with Crippen LogP contribution in [-0.2, 0) is 4.84 Å². The first-order chi connectivity index (χ1) is 15.5. The van der Waals surface area contributed by atoms with Gasteiger partial charge in [0.05, 0.1) is 15.8 Å². The van der Waals surface area contributed by atoms with Crippen molar-refractivity contribution in [2.24, 2.45) is 5.16 Å². The first kappa shape index (κ1) is 26.2.